The van der Waals surface area contributed by atoms with Crippen LogP contribution in [0.3, 0.4) is 0 Å². The van der Waals surface area contributed by atoms with E-state index < -0.39 is 0 Å². The first-order valence-electron chi connectivity index (χ1n) is 9.66. The largest absolute Gasteiger partial charge is 0.378 e. The zero-order chi connectivity index (χ0) is 16.5. The Morgan fingerprint density at radius 3 is 2.25 bits per heavy atom. The van der Waals surface area contributed by atoms with Crippen LogP contribution < -0.4 is 10.6 Å². The van der Waals surface area contributed by atoms with Gasteiger partial charge < -0.3 is 20.3 Å². The zero-order valence-corrected chi connectivity index (χ0v) is 14.3. The van der Waals surface area contributed by atoms with Gasteiger partial charge in [0.1, 0.15) is 0 Å². The van der Waals surface area contributed by atoms with Crippen LogP contribution in [0.4, 0.5) is 4.79 Å². The molecule has 0 aromatic heterocycles. The maximum absolute atomic E-state index is 12.3. The molecule has 24 heavy (non-hydrogen) atoms. The van der Waals surface area contributed by atoms with Crippen LogP contribution in [0.5, 0.6) is 0 Å². The average Bonchev–Trinajstić information content (AvgIpc) is 3.48. The monoisotopic (exact) mass is 335 g/mol. The van der Waals surface area contributed by atoms with Crippen molar-refractivity contribution in [1.29, 1.82) is 0 Å². The predicted octanol–water partition coefficient (Wildman–Crippen LogP) is 1.64. The van der Waals surface area contributed by atoms with Crippen LogP contribution in [0.15, 0.2) is 0 Å². The molecule has 4 aliphatic rings. The second-order valence-electron chi connectivity index (χ2n) is 7.96. The fourth-order valence-electron chi connectivity index (χ4n) is 4.00. The second-order valence-corrected chi connectivity index (χ2v) is 7.96. The van der Waals surface area contributed by atoms with Gasteiger partial charge in [-0.25, -0.2) is 4.79 Å². The molecule has 2 unspecified atom stereocenters. The van der Waals surface area contributed by atoms with E-state index in [1.54, 1.807) is 0 Å². The minimum absolute atomic E-state index is 0.0524. The number of rotatable bonds is 4. The summed E-state index contributed by atoms with van der Waals surface area (Å²) < 4.78 is 5.81. The lowest BCUT2D eigenvalue weighted by molar-refractivity contribution is -0.133. The van der Waals surface area contributed by atoms with Crippen molar-refractivity contribution in [2.24, 2.45) is 11.8 Å². The van der Waals surface area contributed by atoms with Crippen molar-refractivity contribution in [2.75, 3.05) is 19.7 Å². The summed E-state index contributed by atoms with van der Waals surface area (Å²) in [5.74, 6) is 1.35. The molecule has 2 saturated heterocycles. The lowest BCUT2D eigenvalue weighted by atomic mass is 10.00. The molecule has 0 radical (unpaired) electrons. The molecule has 6 nitrogen and oxygen atoms in total. The number of carbonyl (C=O) groups excluding carboxylic acids is 2. The average molecular weight is 335 g/mol. The number of carbonyl (C=O) groups is 2. The minimum Gasteiger partial charge on any atom is -0.378 e. The van der Waals surface area contributed by atoms with Gasteiger partial charge >= 0.3 is 6.03 Å². The van der Waals surface area contributed by atoms with E-state index in [1.807, 2.05) is 4.90 Å². The predicted molar refractivity (Wildman–Crippen MR) is 89.5 cm³/mol. The maximum atomic E-state index is 12.3. The van der Waals surface area contributed by atoms with Gasteiger partial charge in [-0.15, -0.1) is 0 Å². The highest BCUT2D eigenvalue weighted by Gasteiger charge is 2.37. The lowest BCUT2D eigenvalue weighted by Crippen LogP contribution is -2.52. The number of piperidine rings is 1. The summed E-state index contributed by atoms with van der Waals surface area (Å²) in [7, 11) is 0. The first kappa shape index (κ1) is 16.2. The van der Waals surface area contributed by atoms with E-state index >= 15 is 0 Å². The summed E-state index contributed by atoms with van der Waals surface area (Å²) in [6, 6.07) is 0.372. The van der Waals surface area contributed by atoms with E-state index in [9.17, 15) is 9.59 Å². The Morgan fingerprint density at radius 2 is 1.58 bits per heavy atom. The van der Waals surface area contributed by atoms with Gasteiger partial charge in [0.2, 0.25) is 5.91 Å². The molecule has 6 heteroatoms. The molecule has 2 atom stereocenters. The van der Waals surface area contributed by atoms with Crippen molar-refractivity contribution in [3.63, 3.8) is 0 Å². The van der Waals surface area contributed by atoms with E-state index in [2.05, 4.69) is 10.6 Å². The second kappa shape index (κ2) is 6.90. The summed E-state index contributed by atoms with van der Waals surface area (Å²) in [6.45, 7) is 2.32. The molecule has 3 amide bonds. The normalized spacial score (nSPS) is 31.6. The van der Waals surface area contributed by atoms with E-state index in [-0.39, 0.29) is 18.1 Å². The molecule has 0 bridgehead atoms. The molecule has 2 heterocycles. The number of likely N-dealkylation sites (tertiary alicyclic amines) is 1. The third-order valence-electron chi connectivity index (χ3n) is 5.87. The van der Waals surface area contributed by atoms with Crippen molar-refractivity contribution in [1.82, 2.24) is 15.5 Å². The zero-order valence-electron chi connectivity index (χ0n) is 14.3. The summed E-state index contributed by atoms with van der Waals surface area (Å²) >= 11 is 0. The highest BCUT2D eigenvalue weighted by atomic mass is 16.5. The number of hydrogen-bond donors (Lipinski definition) is 2. The van der Waals surface area contributed by atoms with Gasteiger partial charge in [0.05, 0.1) is 6.10 Å². The number of nitrogens with zero attached hydrogens (tertiary/aromatic N) is 1. The SMILES string of the molecule is O=C(NC1CCN(C(=O)C2CC2)CC1)NC1CCOC(C2CC2)C1. The van der Waals surface area contributed by atoms with Gasteiger partial charge in [-0.2, -0.15) is 0 Å². The van der Waals surface area contributed by atoms with Crippen LogP contribution in [0, 0.1) is 11.8 Å². The van der Waals surface area contributed by atoms with Crippen molar-refractivity contribution in [3.05, 3.63) is 0 Å². The van der Waals surface area contributed by atoms with Crippen LogP contribution in [0.2, 0.25) is 0 Å². The van der Waals surface area contributed by atoms with Crippen molar-refractivity contribution < 1.29 is 14.3 Å². The maximum Gasteiger partial charge on any atom is 0.315 e. The quantitative estimate of drug-likeness (QED) is 0.820. The van der Waals surface area contributed by atoms with E-state index in [0.29, 0.717) is 17.9 Å². The fourth-order valence-corrected chi connectivity index (χ4v) is 4.00. The molecular formula is C18H29N3O3. The first-order valence-corrected chi connectivity index (χ1v) is 9.66. The molecule has 4 fully saturated rings. The highest BCUT2D eigenvalue weighted by molar-refractivity contribution is 5.81. The lowest BCUT2D eigenvalue weighted by Gasteiger charge is -2.34. The Kier molecular flexibility index (Phi) is 4.66. The summed E-state index contributed by atoms with van der Waals surface area (Å²) in [4.78, 5) is 26.3. The number of hydrogen-bond acceptors (Lipinski definition) is 3. The molecule has 0 spiro atoms. The third-order valence-corrected chi connectivity index (χ3v) is 5.87. The Hall–Kier alpha value is -1.30. The van der Waals surface area contributed by atoms with Crippen LogP contribution >= 0.6 is 0 Å². The summed E-state index contributed by atoms with van der Waals surface area (Å²) in [5.41, 5.74) is 0. The summed E-state index contributed by atoms with van der Waals surface area (Å²) in [6.07, 6.45) is 8.62. The molecular weight excluding hydrogens is 306 g/mol. The van der Waals surface area contributed by atoms with Crippen LogP contribution in [0.25, 0.3) is 0 Å². The van der Waals surface area contributed by atoms with Crippen LogP contribution in [-0.2, 0) is 9.53 Å². The van der Waals surface area contributed by atoms with Gasteiger partial charge in [-0.3, -0.25) is 4.79 Å². The Bertz CT molecular complexity index is 482. The molecule has 4 rings (SSSR count). The molecule has 0 aromatic rings. The van der Waals surface area contributed by atoms with Crippen molar-refractivity contribution in [3.8, 4) is 0 Å². The summed E-state index contributed by atoms with van der Waals surface area (Å²) in [5, 5.41) is 6.23. The van der Waals surface area contributed by atoms with Gasteiger partial charge in [0, 0.05) is 37.7 Å². The van der Waals surface area contributed by atoms with E-state index in [0.717, 1.165) is 64.1 Å². The smallest absolute Gasteiger partial charge is 0.315 e. The topological polar surface area (TPSA) is 70.7 Å². The number of urea groups is 1. The molecule has 0 aromatic carbocycles. The molecule has 2 aliphatic carbocycles. The molecule has 2 N–H and O–H groups in total. The third kappa shape index (κ3) is 4.02. The number of amides is 3. The first-order chi connectivity index (χ1) is 11.7. The standard InChI is InChI=1S/C18H29N3O3/c22-17(13-3-4-13)21-8-5-14(6-9-21)19-18(23)20-15-7-10-24-16(11-15)12-1-2-12/h12-16H,1-11H2,(H2,19,20,23). The van der Waals surface area contributed by atoms with Gasteiger partial charge in [0.25, 0.3) is 0 Å². The number of nitrogens with one attached hydrogen (secondary N) is 2. The Labute approximate surface area is 143 Å². The van der Waals surface area contributed by atoms with Crippen molar-refractivity contribution in [2.45, 2.75) is 69.6 Å². The van der Waals surface area contributed by atoms with Gasteiger partial charge in [-0.05, 0) is 57.3 Å². The fraction of sp³-hybridized carbons (Fsp3) is 0.889. The molecule has 2 saturated carbocycles. The van der Waals surface area contributed by atoms with Crippen molar-refractivity contribution >= 4 is 11.9 Å². The highest BCUT2D eigenvalue weighted by Crippen LogP contribution is 2.38. The van der Waals surface area contributed by atoms with Crippen LogP contribution in [0.1, 0.15) is 51.4 Å². The minimum atomic E-state index is -0.0524. The van der Waals surface area contributed by atoms with Gasteiger partial charge in [-0.1, -0.05) is 0 Å². The number of ether oxygens (including phenoxy) is 1. The Morgan fingerprint density at radius 1 is 0.875 bits per heavy atom. The van der Waals surface area contributed by atoms with Gasteiger partial charge in [0.15, 0.2) is 0 Å². The van der Waals surface area contributed by atoms with Crippen LogP contribution in [-0.4, -0.2) is 54.7 Å². The Balaban J connectivity index is 1.17. The van der Waals surface area contributed by atoms with E-state index in [4.69, 9.17) is 4.74 Å². The molecule has 2 aliphatic heterocycles. The van der Waals surface area contributed by atoms with E-state index in [1.165, 1.54) is 12.8 Å². The molecule has 134 valence electrons.